The van der Waals surface area contributed by atoms with Gasteiger partial charge in [0, 0.05) is 27.7 Å². The molecule has 3 aliphatic carbocycles. The minimum Gasteiger partial charge on any atom is -0.484 e. The maximum atomic E-state index is 12.2. The molecule has 158 valence electrons. The van der Waals surface area contributed by atoms with Crippen LogP contribution in [-0.4, -0.2) is 30.8 Å². The predicted molar refractivity (Wildman–Crippen MR) is 116 cm³/mol. The highest BCUT2D eigenvalue weighted by Gasteiger charge is 2.68. The van der Waals surface area contributed by atoms with Crippen LogP contribution >= 0.6 is 34.8 Å². The lowest BCUT2D eigenvalue weighted by atomic mass is 9.39. The van der Waals surface area contributed by atoms with Gasteiger partial charge in [0.25, 0.3) is 5.91 Å². The molecule has 0 radical (unpaired) electrons. The minimum atomic E-state index is -0.504. The second-order valence-electron chi connectivity index (χ2n) is 7.93. The summed E-state index contributed by atoms with van der Waals surface area (Å²) in [6.07, 6.45) is 1.85. The van der Waals surface area contributed by atoms with E-state index in [2.05, 4.69) is 10.6 Å². The van der Waals surface area contributed by atoms with Crippen molar-refractivity contribution < 1.29 is 19.1 Å². The number of hydrogen-bond acceptors (Lipinski definition) is 4. The van der Waals surface area contributed by atoms with Crippen LogP contribution in [0.5, 0.6) is 5.75 Å². The minimum absolute atomic E-state index is 0.0465. The number of ether oxygens (including phenoxy) is 2. The molecule has 3 aliphatic rings. The summed E-state index contributed by atoms with van der Waals surface area (Å²) in [6, 6.07) is 11.6. The van der Waals surface area contributed by atoms with Gasteiger partial charge in [0.15, 0.2) is 6.61 Å². The average molecular weight is 470 g/mol. The van der Waals surface area contributed by atoms with E-state index in [0.717, 1.165) is 19.3 Å². The van der Waals surface area contributed by atoms with Crippen molar-refractivity contribution in [3.05, 3.63) is 57.5 Å². The van der Waals surface area contributed by atoms with E-state index in [4.69, 9.17) is 44.3 Å². The van der Waals surface area contributed by atoms with Crippen LogP contribution in [0.4, 0.5) is 10.5 Å². The number of carbonyl (C=O) groups is 2. The summed E-state index contributed by atoms with van der Waals surface area (Å²) in [5, 5.41) is 7.08. The van der Waals surface area contributed by atoms with Crippen LogP contribution in [0.3, 0.4) is 0 Å². The monoisotopic (exact) mass is 468 g/mol. The van der Waals surface area contributed by atoms with Crippen LogP contribution in [0.2, 0.25) is 15.1 Å². The van der Waals surface area contributed by atoms with Gasteiger partial charge in [-0.25, -0.2) is 4.79 Å². The summed E-state index contributed by atoms with van der Waals surface area (Å²) in [4.78, 5) is 24.2. The van der Waals surface area contributed by atoms with Gasteiger partial charge in [0.05, 0.1) is 16.7 Å². The maximum Gasteiger partial charge on any atom is 0.411 e. The molecule has 9 heteroatoms. The summed E-state index contributed by atoms with van der Waals surface area (Å²) in [7, 11) is 0. The molecule has 0 aromatic heterocycles. The van der Waals surface area contributed by atoms with Crippen molar-refractivity contribution in [2.45, 2.75) is 24.8 Å². The molecule has 3 fully saturated rings. The molecule has 0 heterocycles. The van der Waals surface area contributed by atoms with Gasteiger partial charge in [0.1, 0.15) is 5.75 Å². The first-order valence-corrected chi connectivity index (χ1v) is 10.5. The van der Waals surface area contributed by atoms with Crippen LogP contribution in [0.15, 0.2) is 42.5 Å². The molecule has 2 aromatic rings. The Bertz CT molecular complexity index is 961. The summed E-state index contributed by atoms with van der Waals surface area (Å²) in [5.74, 6) is 0.282. The molecule has 0 atom stereocenters. The Hall–Kier alpha value is -2.15. The highest BCUT2D eigenvalue weighted by molar-refractivity contribution is 6.42. The van der Waals surface area contributed by atoms with Gasteiger partial charge < -0.3 is 14.8 Å². The average Bonchev–Trinajstić information content (AvgIpc) is 2.65. The van der Waals surface area contributed by atoms with Crippen molar-refractivity contribution in [2.75, 3.05) is 18.5 Å². The molecule has 2 amide bonds. The molecule has 3 saturated carbocycles. The first-order chi connectivity index (χ1) is 14.3. The van der Waals surface area contributed by atoms with Crippen molar-refractivity contribution in [1.82, 2.24) is 5.32 Å². The van der Waals surface area contributed by atoms with Crippen molar-refractivity contribution >= 4 is 52.5 Å². The molecule has 30 heavy (non-hydrogen) atoms. The molecule has 2 bridgehead atoms. The number of amides is 2. The molecular formula is C21H19Cl3N2O4. The van der Waals surface area contributed by atoms with Crippen LogP contribution in [0.25, 0.3) is 0 Å². The van der Waals surface area contributed by atoms with Gasteiger partial charge in [0.2, 0.25) is 0 Å². The van der Waals surface area contributed by atoms with Gasteiger partial charge in [-0.2, -0.15) is 0 Å². The molecule has 2 aromatic carbocycles. The van der Waals surface area contributed by atoms with E-state index < -0.39 is 6.09 Å². The van der Waals surface area contributed by atoms with Gasteiger partial charge in [-0.3, -0.25) is 10.1 Å². The van der Waals surface area contributed by atoms with E-state index in [1.165, 1.54) is 0 Å². The Labute approximate surface area is 188 Å². The highest BCUT2D eigenvalue weighted by Crippen LogP contribution is 2.67. The second kappa shape index (κ2) is 8.17. The molecule has 0 spiro atoms. The van der Waals surface area contributed by atoms with Gasteiger partial charge in [-0.05, 0) is 55.7 Å². The van der Waals surface area contributed by atoms with Crippen LogP contribution < -0.4 is 15.4 Å². The summed E-state index contributed by atoms with van der Waals surface area (Å²) in [6.45, 7) is 0.219. The summed E-state index contributed by atoms with van der Waals surface area (Å²) in [5.41, 5.74) is 0.358. The van der Waals surface area contributed by atoms with E-state index in [1.54, 1.807) is 42.5 Å². The lowest BCUT2D eigenvalue weighted by Gasteiger charge is -2.70. The Morgan fingerprint density at radius 1 is 0.967 bits per heavy atom. The smallest absolute Gasteiger partial charge is 0.411 e. The lowest BCUT2D eigenvalue weighted by molar-refractivity contribution is -0.183. The van der Waals surface area contributed by atoms with Crippen molar-refractivity contribution in [3.63, 3.8) is 0 Å². The lowest BCUT2D eigenvalue weighted by Crippen LogP contribution is -2.76. The van der Waals surface area contributed by atoms with Gasteiger partial charge in [-0.1, -0.05) is 34.8 Å². The second-order valence-corrected chi connectivity index (χ2v) is 9.18. The number of carbonyl (C=O) groups excluding carboxylic acids is 2. The van der Waals surface area contributed by atoms with Crippen molar-refractivity contribution in [3.8, 4) is 5.75 Å². The molecule has 2 N–H and O–H groups in total. The van der Waals surface area contributed by atoms with E-state index in [0.29, 0.717) is 33.1 Å². The van der Waals surface area contributed by atoms with Gasteiger partial charge in [-0.15, -0.1) is 0 Å². The fraction of sp³-hybridized carbons (Fsp3) is 0.333. The maximum absolute atomic E-state index is 12.2. The zero-order chi connectivity index (χ0) is 21.4. The SMILES string of the molecule is O=C(COc1ccc(Cl)c(Cl)c1)NC12CC(COC(=O)Nc3ccc(Cl)cc3)(C1)C2. The standard InChI is InChI=1S/C21H19Cl3N2O4/c22-13-1-3-14(4-2-13)25-19(28)30-12-20-9-21(10-20,11-20)26-18(27)8-29-15-5-6-16(23)17(24)7-15/h1-7H,8-12H2,(H,25,28)(H,26,27). The van der Waals surface area contributed by atoms with Crippen LogP contribution in [-0.2, 0) is 9.53 Å². The first-order valence-electron chi connectivity index (χ1n) is 9.35. The number of halogens is 3. The Kier molecular flexibility index (Phi) is 5.75. The number of rotatable bonds is 7. The third-order valence-corrected chi connectivity index (χ3v) is 6.40. The topological polar surface area (TPSA) is 76.7 Å². The molecule has 0 aliphatic heterocycles. The van der Waals surface area contributed by atoms with Crippen LogP contribution in [0, 0.1) is 5.41 Å². The first kappa shape index (κ1) is 21.1. The Morgan fingerprint density at radius 2 is 1.67 bits per heavy atom. The zero-order valence-electron chi connectivity index (χ0n) is 15.8. The molecular weight excluding hydrogens is 451 g/mol. The van der Waals surface area contributed by atoms with Crippen molar-refractivity contribution in [1.29, 1.82) is 0 Å². The molecule has 5 rings (SSSR count). The van der Waals surface area contributed by atoms with Gasteiger partial charge >= 0.3 is 6.09 Å². The molecule has 0 saturated heterocycles. The highest BCUT2D eigenvalue weighted by atomic mass is 35.5. The Morgan fingerprint density at radius 3 is 2.33 bits per heavy atom. The number of hydrogen-bond donors (Lipinski definition) is 2. The third-order valence-electron chi connectivity index (χ3n) is 5.41. The largest absolute Gasteiger partial charge is 0.484 e. The predicted octanol–water partition coefficient (Wildman–Crippen LogP) is 5.31. The van der Waals surface area contributed by atoms with Crippen LogP contribution in [0.1, 0.15) is 19.3 Å². The Balaban J connectivity index is 1.16. The molecule has 6 nitrogen and oxygen atoms in total. The normalized spacial score (nSPS) is 23.6. The number of anilines is 1. The quantitative estimate of drug-likeness (QED) is 0.576. The number of nitrogens with one attached hydrogen (secondary N) is 2. The van der Waals surface area contributed by atoms with E-state index in [9.17, 15) is 9.59 Å². The van der Waals surface area contributed by atoms with Crippen molar-refractivity contribution in [2.24, 2.45) is 5.41 Å². The van der Waals surface area contributed by atoms with E-state index >= 15 is 0 Å². The summed E-state index contributed by atoms with van der Waals surface area (Å²) < 4.78 is 10.8. The third kappa shape index (κ3) is 4.61. The molecule has 0 unspecified atom stereocenters. The summed E-state index contributed by atoms with van der Waals surface area (Å²) >= 11 is 17.6. The van der Waals surface area contributed by atoms with E-state index in [1.807, 2.05) is 0 Å². The van der Waals surface area contributed by atoms with E-state index in [-0.39, 0.29) is 23.5 Å². The fourth-order valence-corrected chi connectivity index (χ4v) is 4.65. The zero-order valence-corrected chi connectivity index (χ0v) is 18.1. The number of benzene rings is 2. The fourth-order valence-electron chi connectivity index (χ4n) is 4.24.